The van der Waals surface area contributed by atoms with E-state index in [1.165, 1.54) is 0 Å². The van der Waals surface area contributed by atoms with Crippen molar-refractivity contribution in [3.05, 3.63) is 48.0 Å². The molecular weight excluding hydrogens is 344 g/mol. The van der Waals surface area contributed by atoms with Crippen LogP contribution in [0.25, 0.3) is 0 Å². The monoisotopic (exact) mass is 366 g/mol. The lowest BCUT2D eigenvalue weighted by Gasteiger charge is -2.34. The van der Waals surface area contributed by atoms with Crippen molar-refractivity contribution in [2.45, 2.75) is 12.8 Å². The van der Waals surface area contributed by atoms with Gasteiger partial charge in [0, 0.05) is 63.4 Å². The number of anilines is 1. The molecule has 8 nitrogen and oxygen atoms in total. The third-order valence-electron chi connectivity index (χ3n) is 5.02. The molecular formula is C19H22N6O2. The molecule has 27 heavy (non-hydrogen) atoms. The van der Waals surface area contributed by atoms with Crippen molar-refractivity contribution in [1.29, 1.82) is 0 Å². The molecule has 2 aromatic rings. The van der Waals surface area contributed by atoms with Gasteiger partial charge in [-0.15, -0.1) is 0 Å². The van der Waals surface area contributed by atoms with Gasteiger partial charge in [0.2, 0.25) is 5.95 Å². The smallest absolute Gasteiger partial charge is 0.272 e. The number of piperazine rings is 1. The Bertz CT molecular complexity index is 814. The van der Waals surface area contributed by atoms with Crippen molar-refractivity contribution in [1.82, 2.24) is 24.8 Å². The molecule has 0 bridgehead atoms. The molecule has 8 heteroatoms. The topological polar surface area (TPSA) is 82.5 Å². The zero-order valence-electron chi connectivity index (χ0n) is 15.1. The molecule has 0 N–H and O–H groups in total. The van der Waals surface area contributed by atoms with Crippen LogP contribution in [0.3, 0.4) is 0 Å². The van der Waals surface area contributed by atoms with Gasteiger partial charge in [0.05, 0.1) is 0 Å². The molecule has 0 spiro atoms. The predicted octanol–water partition coefficient (Wildman–Crippen LogP) is 1.07. The number of hydrogen-bond acceptors (Lipinski definition) is 6. The van der Waals surface area contributed by atoms with E-state index < -0.39 is 0 Å². The zero-order valence-corrected chi connectivity index (χ0v) is 15.1. The number of pyridine rings is 1. The third-order valence-corrected chi connectivity index (χ3v) is 5.02. The average Bonchev–Trinajstić information content (AvgIpc) is 3.28. The Kier molecular flexibility index (Phi) is 4.95. The predicted molar refractivity (Wildman–Crippen MR) is 99.5 cm³/mol. The van der Waals surface area contributed by atoms with Crippen LogP contribution in [-0.4, -0.2) is 75.8 Å². The van der Waals surface area contributed by atoms with E-state index in [9.17, 15) is 9.59 Å². The zero-order chi connectivity index (χ0) is 18.6. The first-order valence-electron chi connectivity index (χ1n) is 9.29. The SMILES string of the molecule is O=C(c1ccnc(C(=O)N2CCCC2)c1)N1CCN(c2ncccn2)CC1. The van der Waals surface area contributed by atoms with Crippen LogP contribution in [0.5, 0.6) is 0 Å². The van der Waals surface area contributed by atoms with Gasteiger partial charge < -0.3 is 14.7 Å². The van der Waals surface area contributed by atoms with Gasteiger partial charge in [0.15, 0.2) is 0 Å². The van der Waals surface area contributed by atoms with Crippen molar-refractivity contribution < 1.29 is 9.59 Å². The maximum absolute atomic E-state index is 12.9. The number of amides is 2. The first-order valence-corrected chi connectivity index (χ1v) is 9.29. The van der Waals surface area contributed by atoms with Gasteiger partial charge in [-0.3, -0.25) is 14.6 Å². The van der Waals surface area contributed by atoms with E-state index in [0.717, 1.165) is 25.9 Å². The molecule has 0 unspecified atom stereocenters. The van der Waals surface area contributed by atoms with E-state index in [2.05, 4.69) is 19.9 Å². The van der Waals surface area contributed by atoms with Gasteiger partial charge >= 0.3 is 0 Å². The molecule has 0 aromatic carbocycles. The standard InChI is InChI=1S/C19H22N6O2/c26-17(24-10-12-25(13-11-24)19-21-5-3-6-22-19)15-4-7-20-16(14-15)18(27)23-8-1-2-9-23/h3-7,14H,1-2,8-13H2. The van der Waals surface area contributed by atoms with Gasteiger partial charge in [0.25, 0.3) is 11.8 Å². The molecule has 2 aliphatic rings. The molecule has 0 aliphatic carbocycles. The van der Waals surface area contributed by atoms with Crippen molar-refractivity contribution in [2.75, 3.05) is 44.2 Å². The van der Waals surface area contributed by atoms with Crippen LogP contribution in [-0.2, 0) is 0 Å². The highest BCUT2D eigenvalue weighted by Gasteiger charge is 2.25. The van der Waals surface area contributed by atoms with E-state index in [-0.39, 0.29) is 11.8 Å². The molecule has 0 saturated carbocycles. The van der Waals surface area contributed by atoms with Crippen molar-refractivity contribution in [3.63, 3.8) is 0 Å². The highest BCUT2D eigenvalue weighted by molar-refractivity contribution is 5.98. The summed E-state index contributed by atoms with van der Waals surface area (Å²) in [5.74, 6) is 0.529. The number of carbonyl (C=O) groups excluding carboxylic acids is 2. The largest absolute Gasteiger partial charge is 0.337 e. The highest BCUT2D eigenvalue weighted by Crippen LogP contribution is 2.15. The van der Waals surface area contributed by atoms with Crippen molar-refractivity contribution in [2.24, 2.45) is 0 Å². The Labute approximate surface area is 157 Å². The molecule has 4 rings (SSSR count). The van der Waals surface area contributed by atoms with Crippen LogP contribution in [0.1, 0.15) is 33.7 Å². The maximum Gasteiger partial charge on any atom is 0.272 e. The van der Waals surface area contributed by atoms with Crippen LogP contribution >= 0.6 is 0 Å². The molecule has 140 valence electrons. The Morgan fingerprint density at radius 3 is 2.15 bits per heavy atom. The average molecular weight is 366 g/mol. The fourth-order valence-electron chi connectivity index (χ4n) is 3.51. The number of carbonyl (C=O) groups is 2. The molecule has 2 saturated heterocycles. The minimum absolute atomic E-state index is 0.0681. The summed E-state index contributed by atoms with van der Waals surface area (Å²) in [6.45, 7) is 4.08. The van der Waals surface area contributed by atoms with Gasteiger partial charge in [-0.05, 0) is 31.0 Å². The van der Waals surface area contributed by atoms with Crippen LogP contribution in [0.4, 0.5) is 5.95 Å². The summed E-state index contributed by atoms with van der Waals surface area (Å²) >= 11 is 0. The Balaban J connectivity index is 1.41. The summed E-state index contributed by atoms with van der Waals surface area (Å²) in [6, 6.07) is 5.08. The molecule has 2 fully saturated rings. The van der Waals surface area contributed by atoms with Crippen molar-refractivity contribution in [3.8, 4) is 0 Å². The first-order chi connectivity index (χ1) is 13.2. The lowest BCUT2D eigenvalue weighted by Crippen LogP contribution is -2.49. The normalized spacial score (nSPS) is 17.3. The fraction of sp³-hybridized carbons (Fsp3) is 0.421. The number of nitrogens with zero attached hydrogens (tertiary/aromatic N) is 6. The summed E-state index contributed by atoms with van der Waals surface area (Å²) in [6.07, 6.45) is 7.04. The van der Waals surface area contributed by atoms with E-state index >= 15 is 0 Å². The lowest BCUT2D eigenvalue weighted by atomic mass is 10.1. The summed E-state index contributed by atoms with van der Waals surface area (Å²) in [7, 11) is 0. The first kappa shape index (κ1) is 17.4. The van der Waals surface area contributed by atoms with Crippen molar-refractivity contribution >= 4 is 17.8 Å². The molecule has 2 amide bonds. The number of aromatic nitrogens is 3. The Morgan fingerprint density at radius 2 is 1.44 bits per heavy atom. The fourth-order valence-corrected chi connectivity index (χ4v) is 3.51. The second-order valence-corrected chi connectivity index (χ2v) is 6.76. The molecule has 4 heterocycles. The highest BCUT2D eigenvalue weighted by atomic mass is 16.2. The van der Waals surface area contributed by atoms with E-state index in [1.807, 2.05) is 0 Å². The number of rotatable bonds is 3. The molecule has 2 aliphatic heterocycles. The summed E-state index contributed by atoms with van der Waals surface area (Å²) in [5.41, 5.74) is 0.857. The van der Waals surface area contributed by atoms with Crippen LogP contribution in [0.2, 0.25) is 0 Å². The van der Waals surface area contributed by atoms with Gasteiger partial charge in [0.1, 0.15) is 5.69 Å². The second-order valence-electron chi connectivity index (χ2n) is 6.76. The van der Waals surface area contributed by atoms with E-state index in [0.29, 0.717) is 43.4 Å². The minimum Gasteiger partial charge on any atom is -0.337 e. The Morgan fingerprint density at radius 1 is 0.778 bits per heavy atom. The quantitative estimate of drug-likeness (QED) is 0.808. The maximum atomic E-state index is 12.9. The van der Waals surface area contributed by atoms with E-state index in [1.54, 1.807) is 46.6 Å². The third kappa shape index (κ3) is 3.74. The van der Waals surface area contributed by atoms with E-state index in [4.69, 9.17) is 0 Å². The summed E-state index contributed by atoms with van der Waals surface area (Å²) in [5, 5.41) is 0. The van der Waals surface area contributed by atoms with Crippen LogP contribution in [0.15, 0.2) is 36.8 Å². The lowest BCUT2D eigenvalue weighted by molar-refractivity contribution is 0.0746. The molecule has 2 aromatic heterocycles. The van der Waals surface area contributed by atoms with Crippen LogP contribution in [0, 0.1) is 0 Å². The summed E-state index contributed by atoms with van der Waals surface area (Å²) in [4.78, 5) is 43.7. The summed E-state index contributed by atoms with van der Waals surface area (Å²) < 4.78 is 0. The number of likely N-dealkylation sites (tertiary alicyclic amines) is 1. The minimum atomic E-state index is -0.0896. The van der Waals surface area contributed by atoms with Gasteiger partial charge in [-0.2, -0.15) is 0 Å². The van der Waals surface area contributed by atoms with Gasteiger partial charge in [-0.25, -0.2) is 9.97 Å². The van der Waals surface area contributed by atoms with Crippen LogP contribution < -0.4 is 4.90 Å². The number of hydrogen-bond donors (Lipinski definition) is 0. The molecule has 0 radical (unpaired) electrons. The molecule has 0 atom stereocenters. The van der Waals surface area contributed by atoms with Gasteiger partial charge in [-0.1, -0.05) is 0 Å². The Hall–Kier alpha value is -3.03. The second kappa shape index (κ2) is 7.69.